The van der Waals surface area contributed by atoms with Crippen LogP contribution in [-0.4, -0.2) is 43.8 Å². The zero-order valence-corrected chi connectivity index (χ0v) is 13.1. The molecule has 0 aromatic heterocycles. The smallest absolute Gasteiger partial charge is 0.283 e. The molecule has 0 spiro atoms. The molecule has 0 fully saturated rings. The van der Waals surface area contributed by atoms with E-state index in [1.807, 2.05) is 4.90 Å². The molecule has 0 aliphatic heterocycles. The Morgan fingerprint density at radius 2 is 2.05 bits per heavy atom. The lowest BCUT2D eigenvalue weighted by Gasteiger charge is -2.16. The molecule has 0 unspecified atom stereocenters. The summed E-state index contributed by atoms with van der Waals surface area (Å²) in [5.41, 5.74) is 0.778. The van der Waals surface area contributed by atoms with Gasteiger partial charge < -0.3 is 4.90 Å². The summed E-state index contributed by atoms with van der Waals surface area (Å²) in [4.78, 5) is 12.2. The summed E-state index contributed by atoms with van der Waals surface area (Å²) >= 11 is 3.12. The highest BCUT2D eigenvalue weighted by atomic mass is 79.9. The van der Waals surface area contributed by atoms with Gasteiger partial charge in [-0.15, -0.1) is 0 Å². The summed E-state index contributed by atoms with van der Waals surface area (Å²) in [6.45, 7) is 0.854. The van der Waals surface area contributed by atoms with Crippen LogP contribution in [0.4, 0.5) is 5.69 Å². The molecule has 0 radical (unpaired) electrons. The molecular formula is C11H15BrN2O4S. The van der Waals surface area contributed by atoms with Crippen molar-refractivity contribution >= 4 is 31.5 Å². The van der Waals surface area contributed by atoms with E-state index in [9.17, 15) is 18.5 Å². The summed E-state index contributed by atoms with van der Waals surface area (Å²) in [6.07, 6.45) is 1.19. The number of nitro benzene ring substituents is 1. The standard InChI is InChI=1S/C11H15BrN2O4S/c1-13(5-6-19(2,17)18)8-9-3-4-10(12)11(7-9)14(15)16/h3-4,7H,5-6,8H2,1-2H3. The van der Waals surface area contributed by atoms with Crippen molar-refractivity contribution < 1.29 is 13.3 Å². The third kappa shape index (κ3) is 5.66. The quantitative estimate of drug-likeness (QED) is 0.577. The van der Waals surface area contributed by atoms with Crippen LogP contribution in [0.3, 0.4) is 0 Å². The predicted molar refractivity (Wildman–Crippen MR) is 76.8 cm³/mol. The van der Waals surface area contributed by atoms with Crippen molar-refractivity contribution in [3.63, 3.8) is 0 Å². The Labute approximate surface area is 120 Å². The van der Waals surface area contributed by atoms with Crippen molar-refractivity contribution in [2.75, 3.05) is 25.6 Å². The fourth-order valence-electron chi connectivity index (χ4n) is 1.51. The monoisotopic (exact) mass is 350 g/mol. The lowest BCUT2D eigenvalue weighted by Crippen LogP contribution is -2.24. The first kappa shape index (κ1) is 16.1. The highest BCUT2D eigenvalue weighted by Crippen LogP contribution is 2.25. The Kier molecular flexibility index (Phi) is 5.45. The lowest BCUT2D eigenvalue weighted by molar-refractivity contribution is -0.385. The maximum Gasteiger partial charge on any atom is 0.283 e. The molecule has 1 aromatic carbocycles. The van der Waals surface area contributed by atoms with Crippen LogP contribution in [0.25, 0.3) is 0 Å². The Morgan fingerprint density at radius 3 is 2.58 bits per heavy atom. The molecule has 0 bridgehead atoms. The molecule has 8 heteroatoms. The zero-order chi connectivity index (χ0) is 14.6. The van der Waals surface area contributed by atoms with E-state index in [0.29, 0.717) is 17.6 Å². The van der Waals surface area contributed by atoms with Crippen LogP contribution >= 0.6 is 15.9 Å². The molecule has 6 nitrogen and oxygen atoms in total. The summed E-state index contributed by atoms with van der Waals surface area (Å²) in [5, 5.41) is 10.8. The van der Waals surface area contributed by atoms with Crippen molar-refractivity contribution in [1.82, 2.24) is 4.90 Å². The van der Waals surface area contributed by atoms with E-state index in [-0.39, 0.29) is 11.4 Å². The average Bonchev–Trinajstić information content (AvgIpc) is 2.28. The fourth-order valence-corrected chi connectivity index (χ4v) is 2.54. The number of rotatable bonds is 6. The number of hydrogen-bond donors (Lipinski definition) is 0. The topological polar surface area (TPSA) is 80.5 Å². The maximum absolute atomic E-state index is 11.1. The second-order valence-electron chi connectivity index (χ2n) is 4.41. The molecule has 0 saturated heterocycles. The van der Waals surface area contributed by atoms with Crippen LogP contribution in [0.2, 0.25) is 0 Å². The minimum Gasteiger partial charge on any atom is -0.301 e. The second-order valence-corrected chi connectivity index (χ2v) is 7.52. The third-order valence-corrected chi connectivity index (χ3v) is 4.10. The van der Waals surface area contributed by atoms with Gasteiger partial charge in [0.05, 0.1) is 15.1 Å². The third-order valence-electron chi connectivity index (χ3n) is 2.50. The first-order chi connectivity index (χ1) is 8.69. The van der Waals surface area contributed by atoms with E-state index >= 15 is 0 Å². The van der Waals surface area contributed by atoms with Crippen LogP contribution in [0.15, 0.2) is 22.7 Å². The predicted octanol–water partition coefficient (Wildman–Crippen LogP) is 1.83. The van der Waals surface area contributed by atoms with Gasteiger partial charge in [0.15, 0.2) is 0 Å². The highest BCUT2D eigenvalue weighted by Gasteiger charge is 2.13. The van der Waals surface area contributed by atoms with Crippen molar-refractivity contribution in [3.8, 4) is 0 Å². The van der Waals surface area contributed by atoms with E-state index in [1.165, 1.54) is 12.3 Å². The Morgan fingerprint density at radius 1 is 1.42 bits per heavy atom. The van der Waals surface area contributed by atoms with Crippen LogP contribution in [0, 0.1) is 10.1 Å². The van der Waals surface area contributed by atoms with E-state index in [4.69, 9.17) is 0 Å². The Balaban J connectivity index is 2.72. The zero-order valence-electron chi connectivity index (χ0n) is 10.7. The van der Waals surface area contributed by atoms with Gasteiger partial charge in [0.25, 0.3) is 5.69 Å². The van der Waals surface area contributed by atoms with Crippen LogP contribution < -0.4 is 0 Å². The van der Waals surface area contributed by atoms with Crippen molar-refractivity contribution in [2.24, 2.45) is 0 Å². The van der Waals surface area contributed by atoms with Crippen molar-refractivity contribution in [3.05, 3.63) is 38.3 Å². The SMILES string of the molecule is CN(CCS(C)(=O)=O)Cc1ccc(Br)c([N+](=O)[O-])c1. The Bertz CT molecular complexity index is 574. The number of nitrogens with zero attached hydrogens (tertiary/aromatic N) is 2. The first-order valence-corrected chi connectivity index (χ1v) is 8.33. The van der Waals surface area contributed by atoms with Gasteiger partial charge in [-0.2, -0.15) is 0 Å². The molecule has 0 heterocycles. The number of halogens is 1. The minimum absolute atomic E-state index is 0.00835. The molecule has 1 rings (SSSR count). The Hall–Kier alpha value is -0.990. The van der Waals surface area contributed by atoms with Gasteiger partial charge in [-0.1, -0.05) is 6.07 Å². The van der Waals surface area contributed by atoms with Crippen LogP contribution in [0.1, 0.15) is 5.56 Å². The number of benzene rings is 1. The number of sulfone groups is 1. The first-order valence-electron chi connectivity index (χ1n) is 5.48. The average molecular weight is 351 g/mol. The van der Waals surface area contributed by atoms with Crippen LogP contribution in [-0.2, 0) is 16.4 Å². The molecule has 0 aliphatic rings. The van der Waals surface area contributed by atoms with Crippen LogP contribution in [0.5, 0.6) is 0 Å². The lowest BCUT2D eigenvalue weighted by atomic mass is 10.2. The van der Waals surface area contributed by atoms with Gasteiger partial charge in [0.1, 0.15) is 9.84 Å². The molecule has 106 valence electrons. The molecule has 0 saturated carbocycles. The molecular weight excluding hydrogens is 336 g/mol. The van der Waals surface area contributed by atoms with Crippen molar-refractivity contribution in [2.45, 2.75) is 6.54 Å². The summed E-state index contributed by atoms with van der Waals surface area (Å²) < 4.78 is 22.5. The maximum atomic E-state index is 11.1. The van der Waals surface area contributed by atoms with Gasteiger partial charge >= 0.3 is 0 Å². The van der Waals surface area contributed by atoms with Gasteiger partial charge in [-0.25, -0.2) is 8.42 Å². The highest BCUT2D eigenvalue weighted by molar-refractivity contribution is 9.10. The van der Waals surface area contributed by atoms with Gasteiger partial charge in [0, 0.05) is 25.4 Å². The molecule has 0 atom stereocenters. The molecule has 0 aliphatic carbocycles. The molecule has 19 heavy (non-hydrogen) atoms. The van der Waals surface area contributed by atoms with E-state index in [2.05, 4.69) is 15.9 Å². The van der Waals surface area contributed by atoms with Gasteiger partial charge in [-0.05, 0) is 34.6 Å². The van der Waals surface area contributed by atoms with Gasteiger partial charge in [-0.3, -0.25) is 10.1 Å². The summed E-state index contributed by atoms with van der Waals surface area (Å²) in [7, 11) is -1.22. The molecule has 0 amide bonds. The number of nitro groups is 1. The fraction of sp³-hybridized carbons (Fsp3) is 0.455. The van der Waals surface area contributed by atoms with E-state index in [1.54, 1.807) is 19.2 Å². The van der Waals surface area contributed by atoms with E-state index in [0.717, 1.165) is 5.56 Å². The van der Waals surface area contributed by atoms with Crippen molar-refractivity contribution in [1.29, 1.82) is 0 Å². The van der Waals surface area contributed by atoms with E-state index < -0.39 is 14.8 Å². The minimum atomic E-state index is -3.00. The largest absolute Gasteiger partial charge is 0.301 e. The summed E-state index contributed by atoms with van der Waals surface area (Å²) in [5.74, 6) is 0.0715. The van der Waals surface area contributed by atoms with Gasteiger partial charge in [0.2, 0.25) is 0 Å². The second kappa shape index (κ2) is 6.44. The number of hydrogen-bond acceptors (Lipinski definition) is 5. The molecule has 0 N–H and O–H groups in total. The molecule has 1 aromatic rings. The summed E-state index contributed by atoms with van der Waals surface area (Å²) in [6, 6.07) is 4.88. The normalized spacial score (nSPS) is 11.8.